The predicted molar refractivity (Wildman–Crippen MR) is 76.0 cm³/mol. The number of aryl methyl sites for hydroxylation is 1. The van der Waals surface area contributed by atoms with Gasteiger partial charge in [0.05, 0.1) is 10.4 Å². The van der Waals surface area contributed by atoms with Crippen molar-refractivity contribution in [3.63, 3.8) is 0 Å². The summed E-state index contributed by atoms with van der Waals surface area (Å²) in [6.07, 6.45) is 0.594. The zero-order chi connectivity index (χ0) is 14.3. The van der Waals surface area contributed by atoms with Crippen molar-refractivity contribution in [1.82, 2.24) is 0 Å². The molecule has 0 unspecified atom stereocenters. The first-order chi connectivity index (χ1) is 9.61. The first-order valence-electron chi connectivity index (χ1n) is 6.27. The highest BCUT2D eigenvalue weighted by atomic mass is 35.5. The molecule has 4 heteroatoms. The van der Waals surface area contributed by atoms with E-state index in [0.29, 0.717) is 23.2 Å². The second-order valence-corrected chi connectivity index (χ2v) is 4.91. The van der Waals surface area contributed by atoms with Crippen LogP contribution in [0, 0.1) is 11.6 Å². The fourth-order valence-corrected chi connectivity index (χ4v) is 2.51. The zero-order valence-electron chi connectivity index (χ0n) is 10.7. The third-order valence-corrected chi connectivity index (χ3v) is 3.60. The molecule has 3 aromatic rings. The van der Waals surface area contributed by atoms with Crippen LogP contribution >= 0.6 is 11.6 Å². The largest absolute Gasteiger partial charge is 0.456 e. The monoisotopic (exact) mass is 292 g/mol. The van der Waals surface area contributed by atoms with Crippen molar-refractivity contribution in [1.29, 1.82) is 0 Å². The van der Waals surface area contributed by atoms with Gasteiger partial charge in [-0.2, -0.15) is 0 Å². The topological polar surface area (TPSA) is 13.1 Å². The van der Waals surface area contributed by atoms with E-state index in [9.17, 15) is 8.78 Å². The maximum atomic E-state index is 14.2. The highest BCUT2D eigenvalue weighted by Gasteiger charge is 2.19. The molecule has 0 amide bonds. The lowest BCUT2D eigenvalue weighted by molar-refractivity contribution is 0.618. The van der Waals surface area contributed by atoms with E-state index in [1.807, 2.05) is 6.92 Å². The molecule has 0 spiro atoms. The first-order valence-corrected chi connectivity index (χ1v) is 6.65. The van der Waals surface area contributed by atoms with E-state index in [1.54, 1.807) is 18.2 Å². The Morgan fingerprint density at radius 1 is 1.05 bits per heavy atom. The molecule has 1 aromatic heterocycles. The van der Waals surface area contributed by atoms with Crippen LogP contribution in [-0.4, -0.2) is 0 Å². The number of hydrogen-bond donors (Lipinski definition) is 0. The van der Waals surface area contributed by atoms with Crippen molar-refractivity contribution in [3.05, 3.63) is 58.6 Å². The van der Waals surface area contributed by atoms with Crippen molar-refractivity contribution in [3.8, 4) is 11.3 Å². The van der Waals surface area contributed by atoms with Crippen molar-refractivity contribution in [2.45, 2.75) is 13.3 Å². The van der Waals surface area contributed by atoms with Crippen molar-refractivity contribution in [2.24, 2.45) is 0 Å². The maximum absolute atomic E-state index is 14.2. The number of rotatable bonds is 2. The van der Waals surface area contributed by atoms with Crippen LogP contribution in [0.3, 0.4) is 0 Å². The summed E-state index contributed by atoms with van der Waals surface area (Å²) in [5.74, 6) is -0.237. The number of halogens is 3. The molecule has 0 radical (unpaired) electrons. The fraction of sp³-hybridized carbons (Fsp3) is 0.125. The number of hydrogen-bond acceptors (Lipinski definition) is 1. The average Bonchev–Trinajstić information content (AvgIpc) is 2.83. The lowest BCUT2D eigenvalue weighted by Gasteiger charge is -2.01. The van der Waals surface area contributed by atoms with Gasteiger partial charge in [0, 0.05) is 11.1 Å². The van der Waals surface area contributed by atoms with Gasteiger partial charge in [0.15, 0.2) is 5.82 Å². The van der Waals surface area contributed by atoms with Gasteiger partial charge < -0.3 is 4.42 Å². The molecule has 102 valence electrons. The SMILES string of the molecule is CCc1c(-c2ccc(F)cc2)oc2ccc(Cl)c(F)c12. The highest BCUT2D eigenvalue weighted by molar-refractivity contribution is 6.31. The minimum absolute atomic E-state index is 0.0682. The molecule has 0 saturated heterocycles. The van der Waals surface area contributed by atoms with Crippen molar-refractivity contribution >= 4 is 22.6 Å². The third-order valence-electron chi connectivity index (χ3n) is 3.30. The predicted octanol–water partition coefficient (Wildman–Crippen LogP) is 5.59. The summed E-state index contributed by atoms with van der Waals surface area (Å²) < 4.78 is 32.9. The van der Waals surface area contributed by atoms with Crippen LogP contribution in [0.5, 0.6) is 0 Å². The lowest BCUT2D eigenvalue weighted by atomic mass is 10.0. The molecule has 0 N–H and O–H groups in total. The lowest BCUT2D eigenvalue weighted by Crippen LogP contribution is -1.86. The van der Waals surface area contributed by atoms with Gasteiger partial charge in [-0.15, -0.1) is 0 Å². The molecule has 1 heterocycles. The Hall–Kier alpha value is -1.87. The van der Waals surface area contributed by atoms with Gasteiger partial charge in [-0.1, -0.05) is 18.5 Å². The van der Waals surface area contributed by atoms with Gasteiger partial charge in [0.25, 0.3) is 0 Å². The summed E-state index contributed by atoms with van der Waals surface area (Å²) >= 11 is 5.83. The minimum Gasteiger partial charge on any atom is -0.456 e. The standard InChI is InChI=1S/C16H11ClF2O/c1-2-11-14-13(8-7-12(17)15(14)19)20-16(11)9-3-5-10(18)6-4-9/h3-8H,2H2,1H3. The van der Waals surface area contributed by atoms with Crippen LogP contribution in [0.15, 0.2) is 40.8 Å². The molecule has 0 fully saturated rings. The summed E-state index contributed by atoms with van der Waals surface area (Å²) in [7, 11) is 0. The number of furan rings is 1. The molecule has 0 bridgehead atoms. The Labute approximate surface area is 119 Å². The molecular weight excluding hydrogens is 282 g/mol. The van der Waals surface area contributed by atoms with Gasteiger partial charge in [-0.25, -0.2) is 8.78 Å². The van der Waals surface area contributed by atoms with Gasteiger partial charge in [0.2, 0.25) is 0 Å². The van der Waals surface area contributed by atoms with Crippen LogP contribution in [0.1, 0.15) is 12.5 Å². The van der Waals surface area contributed by atoms with Gasteiger partial charge in [-0.05, 0) is 42.8 Å². The number of fused-ring (bicyclic) bond motifs is 1. The highest BCUT2D eigenvalue weighted by Crippen LogP contribution is 2.37. The molecular formula is C16H11ClF2O. The quantitative estimate of drug-likeness (QED) is 0.600. The molecule has 0 aliphatic heterocycles. The van der Waals surface area contributed by atoms with E-state index in [1.165, 1.54) is 18.2 Å². The van der Waals surface area contributed by atoms with Crippen LogP contribution < -0.4 is 0 Å². The Morgan fingerprint density at radius 2 is 1.75 bits per heavy atom. The summed E-state index contributed by atoms with van der Waals surface area (Å²) in [6.45, 7) is 1.91. The molecule has 0 saturated carbocycles. The third kappa shape index (κ3) is 1.98. The molecule has 0 aliphatic carbocycles. The van der Waals surface area contributed by atoms with E-state index in [2.05, 4.69) is 0 Å². The maximum Gasteiger partial charge on any atom is 0.153 e. The summed E-state index contributed by atoms with van der Waals surface area (Å²) in [4.78, 5) is 0. The molecule has 0 aliphatic rings. The van der Waals surface area contributed by atoms with Gasteiger partial charge >= 0.3 is 0 Å². The number of benzene rings is 2. The second kappa shape index (κ2) is 4.91. The summed E-state index contributed by atoms with van der Waals surface area (Å²) in [5, 5.41) is 0.470. The van der Waals surface area contributed by atoms with Crippen LogP contribution in [0.25, 0.3) is 22.3 Å². The van der Waals surface area contributed by atoms with Gasteiger partial charge in [-0.3, -0.25) is 0 Å². The Kier molecular flexibility index (Phi) is 3.22. The van der Waals surface area contributed by atoms with E-state index >= 15 is 0 Å². The Balaban J connectivity index is 2.31. The van der Waals surface area contributed by atoms with Crippen LogP contribution in [-0.2, 0) is 6.42 Å². The van der Waals surface area contributed by atoms with E-state index in [-0.39, 0.29) is 10.8 Å². The minimum atomic E-state index is -0.474. The molecule has 3 rings (SSSR count). The smallest absolute Gasteiger partial charge is 0.153 e. The van der Waals surface area contributed by atoms with Crippen LogP contribution in [0.4, 0.5) is 8.78 Å². The van der Waals surface area contributed by atoms with E-state index < -0.39 is 5.82 Å². The summed E-state index contributed by atoms with van der Waals surface area (Å²) in [6, 6.07) is 9.05. The normalized spacial score (nSPS) is 11.2. The van der Waals surface area contributed by atoms with Crippen LogP contribution in [0.2, 0.25) is 5.02 Å². The summed E-state index contributed by atoms with van der Waals surface area (Å²) in [5.41, 5.74) is 1.91. The molecule has 20 heavy (non-hydrogen) atoms. The van der Waals surface area contributed by atoms with E-state index in [0.717, 1.165) is 11.1 Å². The average molecular weight is 293 g/mol. The van der Waals surface area contributed by atoms with Gasteiger partial charge in [0.1, 0.15) is 17.2 Å². The van der Waals surface area contributed by atoms with Crippen molar-refractivity contribution in [2.75, 3.05) is 0 Å². The Morgan fingerprint density at radius 3 is 2.40 bits per heavy atom. The second-order valence-electron chi connectivity index (χ2n) is 4.50. The zero-order valence-corrected chi connectivity index (χ0v) is 11.5. The fourth-order valence-electron chi connectivity index (χ4n) is 2.36. The first kappa shape index (κ1) is 13.1. The Bertz CT molecular complexity index is 775. The van der Waals surface area contributed by atoms with Crippen molar-refractivity contribution < 1.29 is 13.2 Å². The van der Waals surface area contributed by atoms with E-state index in [4.69, 9.17) is 16.0 Å². The molecule has 0 atom stereocenters. The molecule has 1 nitrogen and oxygen atoms in total. The molecule has 2 aromatic carbocycles.